The van der Waals surface area contributed by atoms with Gasteiger partial charge in [-0.2, -0.15) is 0 Å². The number of hydrogen-bond donors (Lipinski definition) is 1. The third kappa shape index (κ3) is 7.97. The number of pyridine rings is 2. The smallest absolute Gasteiger partial charge is 0.444 e. The van der Waals surface area contributed by atoms with Crippen molar-refractivity contribution in [3.05, 3.63) is 56.9 Å². The zero-order valence-corrected chi connectivity index (χ0v) is 26.6. The molecule has 1 aromatic carbocycles. The average Bonchev–Trinajstić information content (AvgIpc) is 3.26. The highest BCUT2D eigenvalue weighted by Gasteiger charge is 2.28. The van der Waals surface area contributed by atoms with Gasteiger partial charge in [-0.05, 0) is 90.3 Å². The Morgan fingerprint density at radius 1 is 0.956 bits per heavy atom. The first kappa shape index (κ1) is 33.0. The number of benzene rings is 1. The Hall–Kier alpha value is -4.94. The van der Waals surface area contributed by atoms with Crippen LogP contribution in [0.2, 0.25) is 0 Å². The summed E-state index contributed by atoms with van der Waals surface area (Å²) in [5.74, 6) is -0.754. The Balaban J connectivity index is 1.50. The molecule has 0 aliphatic carbocycles. The van der Waals surface area contributed by atoms with Gasteiger partial charge in [0.05, 0.1) is 29.0 Å². The minimum Gasteiger partial charge on any atom is -0.444 e. The first-order valence-electron chi connectivity index (χ1n) is 14.4. The largest absolute Gasteiger partial charge is 0.516 e. The van der Waals surface area contributed by atoms with Gasteiger partial charge in [-0.3, -0.25) is 4.79 Å². The molecule has 0 radical (unpaired) electrons. The normalized spacial score (nSPS) is 12.2. The molecule has 45 heavy (non-hydrogen) atoms. The van der Waals surface area contributed by atoms with Crippen molar-refractivity contribution in [1.29, 1.82) is 0 Å². The zero-order valence-electron chi connectivity index (χ0n) is 26.6. The van der Waals surface area contributed by atoms with Gasteiger partial charge in [0.15, 0.2) is 0 Å². The molecule has 0 bridgehead atoms. The summed E-state index contributed by atoms with van der Waals surface area (Å²) in [5.41, 5.74) is 2.67. The number of aromatic nitrogens is 2. The lowest BCUT2D eigenvalue weighted by atomic mass is 9.98. The Morgan fingerprint density at radius 3 is 2.29 bits per heavy atom. The molecule has 1 aliphatic rings. The molecule has 0 unspecified atom stereocenters. The van der Waals surface area contributed by atoms with Crippen LogP contribution in [0, 0.1) is 6.92 Å². The number of nitrogens with one attached hydrogen (secondary N) is 1. The van der Waals surface area contributed by atoms with Crippen molar-refractivity contribution in [3.63, 3.8) is 0 Å². The number of hydrogen-bond acceptors (Lipinski definition) is 11. The highest BCUT2D eigenvalue weighted by atomic mass is 16.7. The molecule has 1 N–H and O–H groups in total. The lowest BCUT2D eigenvalue weighted by molar-refractivity contribution is -0.139. The number of nitrogens with zero attached hydrogens (tertiary/aromatic N) is 2. The van der Waals surface area contributed by atoms with Crippen LogP contribution >= 0.6 is 0 Å². The van der Waals surface area contributed by atoms with E-state index in [9.17, 15) is 24.0 Å². The summed E-state index contributed by atoms with van der Waals surface area (Å²) < 4.78 is 26.9. The first-order chi connectivity index (χ1) is 21.0. The van der Waals surface area contributed by atoms with Gasteiger partial charge < -0.3 is 33.6 Å². The number of ether oxygens (including phenoxy) is 5. The van der Waals surface area contributed by atoms with Gasteiger partial charge >= 0.3 is 24.4 Å². The number of carbonyl (C=O) groups excluding carboxylic acids is 4. The Morgan fingerprint density at radius 2 is 1.64 bits per heavy atom. The molecule has 0 saturated carbocycles. The maximum absolute atomic E-state index is 13.6. The molecule has 4 rings (SSSR count). The highest BCUT2D eigenvalue weighted by Crippen LogP contribution is 2.37. The second-order valence-corrected chi connectivity index (χ2v) is 12.5. The lowest BCUT2D eigenvalue weighted by Gasteiger charge is -2.19. The predicted molar refractivity (Wildman–Crippen MR) is 162 cm³/mol. The van der Waals surface area contributed by atoms with Crippen LogP contribution in [-0.2, 0) is 43.3 Å². The molecule has 0 fully saturated rings. The van der Waals surface area contributed by atoms with E-state index in [-0.39, 0.29) is 17.7 Å². The summed E-state index contributed by atoms with van der Waals surface area (Å²) in [6, 6.07) is 6.92. The Labute approximate surface area is 259 Å². The predicted octanol–water partition coefficient (Wildman–Crippen LogP) is 5.31. The van der Waals surface area contributed by atoms with Crippen LogP contribution in [0.5, 0.6) is 5.75 Å². The molecular formula is C32H37N3O10. The topological polar surface area (TPSA) is 161 Å². The molecule has 0 atom stereocenters. The molecule has 1 amide bonds. The molecule has 2 aromatic heterocycles. The van der Waals surface area contributed by atoms with E-state index >= 15 is 0 Å². The van der Waals surface area contributed by atoms with Crippen LogP contribution in [0.3, 0.4) is 0 Å². The molecule has 3 heterocycles. The zero-order chi connectivity index (χ0) is 33.3. The molecule has 0 saturated heterocycles. The van der Waals surface area contributed by atoms with Crippen LogP contribution in [-0.4, -0.2) is 51.7 Å². The van der Waals surface area contributed by atoms with Crippen LogP contribution in [0.15, 0.2) is 29.1 Å². The number of rotatable bonds is 6. The van der Waals surface area contributed by atoms with Crippen molar-refractivity contribution >= 4 is 35.3 Å². The van der Waals surface area contributed by atoms with Gasteiger partial charge in [0.1, 0.15) is 30.1 Å². The molecule has 240 valence electrons. The van der Waals surface area contributed by atoms with E-state index in [1.165, 1.54) is 0 Å². The van der Waals surface area contributed by atoms with Gasteiger partial charge in [-0.25, -0.2) is 24.2 Å². The Bertz CT molecular complexity index is 1750. The number of aryl methyl sites for hydroxylation is 2. The van der Waals surface area contributed by atoms with Crippen LogP contribution in [0.25, 0.3) is 22.3 Å². The number of amides is 1. The molecule has 1 aliphatic heterocycles. The van der Waals surface area contributed by atoms with Gasteiger partial charge in [0, 0.05) is 10.9 Å². The number of carbonyl (C=O) groups is 4. The Kier molecular flexibility index (Phi) is 9.22. The minimum absolute atomic E-state index is 0.207. The van der Waals surface area contributed by atoms with E-state index in [0.717, 1.165) is 16.5 Å². The highest BCUT2D eigenvalue weighted by molar-refractivity contribution is 5.89. The van der Waals surface area contributed by atoms with Crippen molar-refractivity contribution < 1.29 is 42.9 Å². The molecular weight excluding hydrogens is 586 g/mol. The van der Waals surface area contributed by atoms with E-state index in [1.807, 2.05) is 6.92 Å². The van der Waals surface area contributed by atoms with Crippen LogP contribution in [0.4, 0.5) is 14.4 Å². The fourth-order valence-corrected chi connectivity index (χ4v) is 4.81. The fraction of sp³-hybridized carbons (Fsp3) is 0.438. The van der Waals surface area contributed by atoms with Crippen molar-refractivity contribution in [2.24, 2.45) is 0 Å². The van der Waals surface area contributed by atoms with Gasteiger partial charge in [-0.1, -0.05) is 6.92 Å². The summed E-state index contributed by atoms with van der Waals surface area (Å²) in [7, 11) is 0. The average molecular weight is 624 g/mol. The summed E-state index contributed by atoms with van der Waals surface area (Å²) in [6.07, 6.45) is -2.36. The summed E-state index contributed by atoms with van der Waals surface area (Å²) in [6.45, 7) is 13.1. The maximum Gasteiger partial charge on any atom is 0.516 e. The molecule has 3 aromatic rings. The number of esters is 1. The summed E-state index contributed by atoms with van der Waals surface area (Å²) >= 11 is 0. The number of fused-ring (bicyclic) bond motifs is 4. The third-order valence-electron chi connectivity index (χ3n) is 6.61. The minimum atomic E-state index is -1.32. The van der Waals surface area contributed by atoms with E-state index in [0.29, 0.717) is 34.6 Å². The number of alkyl carbamates (subject to hydrolysis) is 1. The van der Waals surface area contributed by atoms with E-state index in [4.69, 9.17) is 23.9 Å². The molecule has 0 spiro atoms. The van der Waals surface area contributed by atoms with Gasteiger partial charge in [-0.15, -0.1) is 0 Å². The second kappa shape index (κ2) is 12.6. The van der Waals surface area contributed by atoms with Crippen molar-refractivity contribution in [3.8, 4) is 17.1 Å². The summed E-state index contributed by atoms with van der Waals surface area (Å²) in [4.78, 5) is 66.4. The van der Waals surface area contributed by atoms with Crippen molar-refractivity contribution in [2.75, 3.05) is 6.54 Å². The first-order valence-corrected chi connectivity index (χ1v) is 14.4. The van der Waals surface area contributed by atoms with Gasteiger partial charge in [0.25, 0.3) is 5.56 Å². The van der Waals surface area contributed by atoms with Crippen LogP contribution < -0.4 is 15.6 Å². The molecule has 13 heteroatoms. The van der Waals surface area contributed by atoms with Crippen molar-refractivity contribution in [2.45, 2.75) is 86.2 Å². The van der Waals surface area contributed by atoms with E-state index in [2.05, 4.69) is 10.1 Å². The summed E-state index contributed by atoms with van der Waals surface area (Å²) in [5, 5.41) is 2.97. The standard InChI is InChI=1S/C32H37N3O10/c1-9-19-20-13-18(42-30(40)45-32(6,7)8)10-11-23(20)34-26-21(19)15-35-24(26)12-17(2)22(27(35)37)16-41-29(39)43-25(36)14-33-28(38)44-31(3,4)5/h10-13H,9,14-16H2,1-8H3,(H,33,38). The van der Waals surface area contributed by atoms with Crippen molar-refractivity contribution in [1.82, 2.24) is 14.9 Å². The van der Waals surface area contributed by atoms with E-state index < -0.39 is 48.7 Å². The SMILES string of the molecule is CCc1c2c(nc3ccc(OC(=O)OC(C)(C)C)cc13)-c1cc(C)c(COC(=O)OC(=O)CNC(=O)OC(C)(C)C)c(=O)n1C2. The monoisotopic (exact) mass is 623 g/mol. The molecule has 13 nitrogen and oxygen atoms in total. The van der Waals surface area contributed by atoms with Crippen LogP contribution in [0.1, 0.15) is 70.7 Å². The maximum atomic E-state index is 13.6. The third-order valence-corrected chi connectivity index (χ3v) is 6.61. The fourth-order valence-electron chi connectivity index (χ4n) is 4.81. The van der Waals surface area contributed by atoms with E-state index in [1.54, 1.807) is 77.3 Å². The quantitative estimate of drug-likeness (QED) is 0.128. The van der Waals surface area contributed by atoms with Gasteiger partial charge in [0.2, 0.25) is 0 Å². The second-order valence-electron chi connectivity index (χ2n) is 12.5. The lowest BCUT2D eigenvalue weighted by Crippen LogP contribution is -2.36.